The normalized spacial score (nSPS) is 32.5. The summed E-state index contributed by atoms with van der Waals surface area (Å²) in [7, 11) is 0. The summed E-state index contributed by atoms with van der Waals surface area (Å²) in [4.78, 5) is 0. The van der Waals surface area contributed by atoms with Gasteiger partial charge in [-0.05, 0) is 153 Å². The number of fused-ring (bicyclic) bond motifs is 5. The summed E-state index contributed by atoms with van der Waals surface area (Å²) < 4.78 is 0. The van der Waals surface area contributed by atoms with Crippen molar-refractivity contribution in [2.24, 2.45) is 57.2 Å². The fraction of sp³-hybridized carbons (Fsp3) is 0.574. The summed E-state index contributed by atoms with van der Waals surface area (Å²) in [6.45, 7) is 20.1. The molecule has 4 unspecified atom stereocenters. The number of halogens is 2. The molecule has 2 aromatic rings. The average Bonchev–Trinajstić information content (AvgIpc) is 3.70. The first-order valence-corrected chi connectivity index (χ1v) is 20.2. The van der Waals surface area contributed by atoms with Crippen LogP contribution in [0.25, 0.3) is 0 Å². The number of hydrogen-bond donors (Lipinski definition) is 0. The summed E-state index contributed by atoms with van der Waals surface area (Å²) in [5.74, 6) is 2.80. The SMILES string of the molecule is CC1(C)CCC(C)(C)C2=CC3C(C=C21)C1C=C2C(=CC1C3C(c1ccc(Cl)cc1)(c1ccc(Cl)cc1)C1CCCC1)C(C)(C)CCC2(C)C. The molecule has 4 saturated carbocycles. The predicted molar refractivity (Wildman–Crippen MR) is 209 cm³/mol. The Morgan fingerprint density at radius 2 is 0.776 bits per heavy atom. The van der Waals surface area contributed by atoms with Gasteiger partial charge in [-0.2, -0.15) is 0 Å². The Balaban J connectivity index is 1.45. The third-order valence-electron chi connectivity index (χ3n) is 15.0. The van der Waals surface area contributed by atoms with Gasteiger partial charge in [-0.15, -0.1) is 0 Å². The maximum Gasteiger partial charge on any atom is 0.0406 e. The standard InChI is InChI=1S/C47H58Cl2/c1-43(2)21-23-45(5,6)40-27-36-34(25-38(40)43)35-26-39-41(46(7,8)24-22-44(39,3)4)28-37(35)42(36)47(29-11-9-10-12-29,30-13-17-32(48)18-14-30)31-15-19-33(49)20-16-31/h13-20,25-29,34-37,42H,9-12,21-24H2,1-8H3. The zero-order valence-corrected chi connectivity index (χ0v) is 32.8. The van der Waals surface area contributed by atoms with E-state index in [0.29, 0.717) is 35.5 Å². The van der Waals surface area contributed by atoms with Crippen LogP contribution < -0.4 is 0 Å². The average molecular weight is 694 g/mol. The van der Waals surface area contributed by atoms with Crippen LogP contribution in [0.5, 0.6) is 0 Å². The van der Waals surface area contributed by atoms with E-state index in [0.717, 1.165) is 10.0 Å². The molecule has 0 amide bonds. The summed E-state index contributed by atoms with van der Waals surface area (Å²) in [6.07, 6.45) is 21.6. The molecule has 2 heteroatoms. The zero-order valence-electron chi connectivity index (χ0n) is 31.3. The number of benzene rings is 2. The van der Waals surface area contributed by atoms with Crippen molar-refractivity contribution in [1.29, 1.82) is 0 Å². The molecule has 49 heavy (non-hydrogen) atoms. The molecule has 0 nitrogen and oxygen atoms in total. The van der Waals surface area contributed by atoms with E-state index in [4.69, 9.17) is 23.2 Å². The van der Waals surface area contributed by atoms with Gasteiger partial charge in [-0.3, -0.25) is 0 Å². The van der Waals surface area contributed by atoms with Crippen molar-refractivity contribution in [3.8, 4) is 0 Å². The molecule has 6 aliphatic rings. The Morgan fingerprint density at radius 3 is 1.10 bits per heavy atom. The fourth-order valence-electron chi connectivity index (χ4n) is 12.1. The highest BCUT2D eigenvalue weighted by Crippen LogP contribution is 2.69. The van der Waals surface area contributed by atoms with Gasteiger partial charge in [0.05, 0.1) is 0 Å². The largest absolute Gasteiger partial charge is 0.0843 e. The number of allylic oxidation sites excluding steroid dienone is 8. The van der Waals surface area contributed by atoms with E-state index in [9.17, 15) is 0 Å². The molecule has 6 aliphatic carbocycles. The molecule has 0 N–H and O–H groups in total. The molecule has 0 spiro atoms. The molecule has 0 radical (unpaired) electrons. The van der Waals surface area contributed by atoms with Crippen LogP contribution in [0, 0.1) is 57.2 Å². The number of hydrogen-bond acceptors (Lipinski definition) is 0. The quantitative estimate of drug-likeness (QED) is 0.299. The van der Waals surface area contributed by atoms with E-state index in [-0.39, 0.29) is 27.1 Å². The Labute approximate surface area is 307 Å². The molecule has 4 fully saturated rings. The third kappa shape index (κ3) is 5.18. The molecular formula is C47H58Cl2. The van der Waals surface area contributed by atoms with Gasteiger partial charge in [0.15, 0.2) is 0 Å². The molecule has 2 aromatic carbocycles. The maximum absolute atomic E-state index is 6.69. The van der Waals surface area contributed by atoms with Crippen LogP contribution in [0.4, 0.5) is 0 Å². The smallest absolute Gasteiger partial charge is 0.0406 e. The van der Waals surface area contributed by atoms with Crippen molar-refractivity contribution < 1.29 is 0 Å². The molecule has 4 atom stereocenters. The summed E-state index contributed by atoms with van der Waals surface area (Å²) >= 11 is 13.4. The Bertz CT molecular complexity index is 1630. The topological polar surface area (TPSA) is 0 Å². The van der Waals surface area contributed by atoms with E-state index in [1.807, 2.05) is 0 Å². The van der Waals surface area contributed by atoms with Crippen molar-refractivity contribution in [1.82, 2.24) is 0 Å². The minimum atomic E-state index is -0.165. The van der Waals surface area contributed by atoms with Crippen LogP contribution in [-0.2, 0) is 5.41 Å². The van der Waals surface area contributed by atoms with Crippen molar-refractivity contribution in [3.63, 3.8) is 0 Å². The van der Waals surface area contributed by atoms with E-state index in [1.54, 1.807) is 22.3 Å². The van der Waals surface area contributed by atoms with Crippen LogP contribution in [0.2, 0.25) is 10.0 Å². The van der Waals surface area contributed by atoms with Gasteiger partial charge >= 0.3 is 0 Å². The lowest BCUT2D eigenvalue weighted by Crippen LogP contribution is -2.48. The second kappa shape index (κ2) is 11.5. The first-order valence-electron chi connectivity index (χ1n) is 19.5. The second-order valence-corrected chi connectivity index (χ2v) is 20.4. The minimum Gasteiger partial charge on any atom is -0.0843 e. The maximum atomic E-state index is 6.69. The van der Waals surface area contributed by atoms with Gasteiger partial charge < -0.3 is 0 Å². The van der Waals surface area contributed by atoms with Gasteiger partial charge in [-0.1, -0.05) is 140 Å². The molecule has 260 valence electrons. The molecule has 8 rings (SSSR count). The monoisotopic (exact) mass is 692 g/mol. The van der Waals surface area contributed by atoms with Crippen LogP contribution in [0.3, 0.4) is 0 Å². The van der Waals surface area contributed by atoms with Crippen LogP contribution >= 0.6 is 23.2 Å². The lowest BCUT2D eigenvalue weighted by atomic mass is 9.51. The van der Waals surface area contributed by atoms with Gasteiger partial charge in [0.1, 0.15) is 0 Å². The van der Waals surface area contributed by atoms with Gasteiger partial charge in [0.25, 0.3) is 0 Å². The predicted octanol–water partition coefficient (Wildman–Crippen LogP) is 14.0. The highest BCUT2D eigenvalue weighted by molar-refractivity contribution is 6.30. The molecular weight excluding hydrogens is 635 g/mol. The highest BCUT2D eigenvalue weighted by Gasteiger charge is 2.62. The van der Waals surface area contributed by atoms with Gasteiger partial charge in [0, 0.05) is 15.5 Å². The van der Waals surface area contributed by atoms with E-state index < -0.39 is 0 Å². The van der Waals surface area contributed by atoms with Gasteiger partial charge in [0.2, 0.25) is 0 Å². The van der Waals surface area contributed by atoms with Crippen molar-refractivity contribution in [2.75, 3.05) is 0 Å². The highest BCUT2D eigenvalue weighted by atomic mass is 35.5. The Morgan fingerprint density at radius 1 is 0.469 bits per heavy atom. The molecule has 0 heterocycles. The van der Waals surface area contributed by atoms with Gasteiger partial charge in [-0.25, -0.2) is 0 Å². The zero-order chi connectivity index (χ0) is 34.7. The Hall–Kier alpha value is -2.02. The summed E-state index contributed by atoms with van der Waals surface area (Å²) in [5.41, 5.74) is 10.0. The third-order valence-corrected chi connectivity index (χ3v) is 15.5. The first-order chi connectivity index (χ1) is 23.1. The minimum absolute atomic E-state index is 0.165. The van der Waals surface area contributed by atoms with Crippen molar-refractivity contribution >= 4 is 23.2 Å². The molecule has 0 bridgehead atoms. The van der Waals surface area contributed by atoms with E-state index >= 15 is 0 Å². The molecule has 0 saturated heterocycles. The lowest BCUT2D eigenvalue weighted by molar-refractivity contribution is 0.152. The Kier molecular flexibility index (Phi) is 7.99. The van der Waals surface area contributed by atoms with Crippen LogP contribution in [0.1, 0.15) is 118 Å². The summed E-state index contributed by atoms with van der Waals surface area (Å²) in [5, 5.41) is 1.64. The van der Waals surface area contributed by atoms with E-state index in [1.165, 1.54) is 62.5 Å². The summed E-state index contributed by atoms with van der Waals surface area (Å²) in [6, 6.07) is 18.2. The van der Waals surface area contributed by atoms with E-state index in [2.05, 4.69) is 128 Å². The molecule has 0 aliphatic heterocycles. The number of rotatable bonds is 4. The van der Waals surface area contributed by atoms with Crippen LogP contribution in [-0.4, -0.2) is 0 Å². The second-order valence-electron chi connectivity index (χ2n) is 19.6. The van der Waals surface area contributed by atoms with Crippen molar-refractivity contribution in [2.45, 2.75) is 112 Å². The lowest BCUT2D eigenvalue weighted by Gasteiger charge is -2.52. The molecule has 0 aromatic heterocycles. The van der Waals surface area contributed by atoms with Crippen molar-refractivity contribution in [3.05, 3.63) is 116 Å². The first kappa shape index (κ1) is 34.1. The van der Waals surface area contributed by atoms with Crippen LogP contribution in [0.15, 0.2) is 95.1 Å². The fourth-order valence-corrected chi connectivity index (χ4v) is 12.4.